The van der Waals surface area contributed by atoms with E-state index in [1.54, 1.807) is 31.6 Å². The number of esters is 1. The molecule has 0 saturated carbocycles. The van der Waals surface area contributed by atoms with Gasteiger partial charge in [-0.1, -0.05) is 41.7 Å². The Morgan fingerprint density at radius 1 is 1.19 bits per heavy atom. The quantitative estimate of drug-likeness (QED) is 0.363. The Morgan fingerprint density at radius 2 is 1.97 bits per heavy atom. The highest BCUT2D eigenvalue weighted by Gasteiger charge is 2.36. The molecule has 0 radical (unpaired) electrons. The summed E-state index contributed by atoms with van der Waals surface area (Å²) in [7, 11) is 5.35. The fourth-order valence-corrected chi connectivity index (χ4v) is 5.62. The number of fused-ring (bicyclic) bond motifs is 2. The lowest BCUT2D eigenvalue weighted by Crippen LogP contribution is -2.40. The third-order valence-electron chi connectivity index (χ3n) is 6.27. The zero-order chi connectivity index (χ0) is 26.3. The largest absolute Gasteiger partial charge is 0.496 e. The first-order valence-corrected chi connectivity index (χ1v) is 12.7. The van der Waals surface area contributed by atoms with Gasteiger partial charge in [0.2, 0.25) is 0 Å². The van der Waals surface area contributed by atoms with Crippen LogP contribution in [0.1, 0.15) is 31.2 Å². The molecule has 5 rings (SSSR count). The van der Waals surface area contributed by atoms with Crippen molar-refractivity contribution in [1.29, 1.82) is 0 Å². The number of rotatable bonds is 6. The first-order chi connectivity index (χ1) is 17.8. The number of hydrogen-bond donors (Lipinski definition) is 0. The molecular weight excluding hydrogens is 490 g/mol. The van der Waals surface area contributed by atoms with E-state index in [9.17, 15) is 9.59 Å². The van der Waals surface area contributed by atoms with Gasteiger partial charge in [-0.2, -0.15) is 0 Å². The summed E-state index contributed by atoms with van der Waals surface area (Å²) in [4.78, 5) is 34.2. The second-order valence-corrected chi connectivity index (χ2v) is 9.78. The monoisotopic (exact) mass is 517 g/mol. The summed E-state index contributed by atoms with van der Waals surface area (Å²) in [6, 6.07) is 14.5. The summed E-state index contributed by atoms with van der Waals surface area (Å²) in [5.74, 6) is 1.28. The van der Waals surface area contributed by atoms with Crippen LogP contribution >= 0.6 is 11.3 Å². The average molecular weight is 518 g/mol. The normalized spacial score (nSPS) is 15.5. The van der Waals surface area contributed by atoms with E-state index in [0.29, 0.717) is 43.6 Å². The van der Waals surface area contributed by atoms with Crippen molar-refractivity contribution in [2.24, 2.45) is 4.99 Å². The lowest BCUT2D eigenvalue weighted by Gasteiger charge is -2.27. The smallest absolute Gasteiger partial charge is 0.338 e. The highest BCUT2D eigenvalue weighted by molar-refractivity contribution is 7.07. The highest BCUT2D eigenvalue weighted by atomic mass is 32.1. The van der Waals surface area contributed by atoms with E-state index >= 15 is 0 Å². The molecule has 1 aliphatic rings. The minimum atomic E-state index is -0.785. The number of aromatic nitrogens is 1. The SMILES string of the molecule is CCOC(=O)C1=C(C)N=c2sc(=Cc3ccc(N(C)C)o3)c(=O)n2C1c1c(OC)ccc2ccccc12. The van der Waals surface area contributed by atoms with Crippen LogP contribution in [0.2, 0.25) is 0 Å². The molecular formula is C28H27N3O5S. The van der Waals surface area contributed by atoms with Crippen LogP contribution in [0.4, 0.5) is 5.88 Å². The van der Waals surface area contributed by atoms with E-state index in [0.717, 1.165) is 10.8 Å². The lowest BCUT2D eigenvalue weighted by atomic mass is 9.90. The van der Waals surface area contributed by atoms with Crippen LogP contribution in [0, 0.1) is 0 Å². The molecule has 0 aliphatic carbocycles. The topological polar surface area (TPSA) is 86.3 Å². The molecule has 1 aliphatic heterocycles. The number of ether oxygens (including phenoxy) is 2. The van der Waals surface area contributed by atoms with Gasteiger partial charge in [0.1, 0.15) is 17.6 Å². The first-order valence-electron chi connectivity index (χ1n) is 11.9. The Balaban J connectivity index is 1.82. The second-order valence-electron chi connectivity index (χ2n) is 8.78. The zero-order valence-corrected chi connectivity index (χ0v) is 22.1. The maximum absolute atomic E-state index is 13.9. The summed E-state index contributed by atoms with van der Waals surface area (Å²) in [6.45, 7) is 3.72. The summed E-state index contributed by atoms with van der Waals surface area (Å²) in [5.41, 5.74) is 1.24. The number of benzene rings is 2. The Bertz CT molecular complexity index is 1720. The van der Waals surface area contributed by atoms with Crippen LogP contribution in [0.15, 0.2) is 74.0 Å². The van der Waals surface area contributed by atoms with Gasteiger partial charge in [0, 0.05) is 31.8 Å². The van der Waals surface area contributed by atoms with Crippen LogP contribution in [0.3, 0.4) is 0 Å². The molecule has 1 unspecified atom stereocenters. The van der Waals surface area contributed by atoms with Gasteiger partial charge in [-0.05, 0) is 36.8 Å². The van der Waals surface area contributed by atoms with Crippen molar-refractivity contribution in [2.75, 3.05) is 32.7 Å². The Kier molecular flexibility index (Phi) is 6.47. The number of carbonyl (C=O) groups is 1. The predicted molar refractivity (Wildman–Crippen MR) is 144 cm³/mol. The molecule has 0 saturated heterocycles. The minimum absolute atomic E-state index is 0.201. The van der Waals surface area contributed by atoms with Gasteiger partial charge in [0.15, 0.2) is 10.7 Å². The Hall–Kier alpha value is -4.11. The minimum Gasteiger partial charge on any atom is -0.496 e. The molecule has 0 spiro atoms. The Morgan fingerprint density at radius 3 is 2.68 bits per heavy atom. The van der Waals surface area contributed by atoms with Gasteiger partial charge in [-0.3, -0.25) is 9.36 Å². The van der Waals surface area contributed by atoms with Crippen molar-refractivity contribution >= 4 is 40.0 Å². The molecule has 0 N–H and O–H groups in total. The van der Waals surface area contributed by atoms with Gasteiger partial charge in [-0.15, -0.1) is 0 Å². The number of allylic oxidation sites excluding steroid dienone is 1. The van der Waals surface area contributed by atoms with Crippen LogP contribution in [0.5, 0.6) is 5.75 Å². The van der Waals surface area contributed by atoms with E-state index < -0.39 is 12.0 Å². The maximum atomic E-state index is 13.9. The fraction of sp³-hybridized carbons (Fsp3) is 0.250. The zero-order valence-electron chi connectivity index (χ0n) is 21.3. The molecule has 0 amide bonds. The second kappa shape index (κ2) is 9.74. The van der Waals surface area contributed by atoms with Crippen molar-refractivity contribution in [3.8, 4) is 5.75 Å². The van der Waals surface area contributed by atoms with Crippen molar-refractivity contribution < 1.29 is 18.7 Å². The third kappa shape index (κ3) is 4.25. The van der Waals surface area contributed by atoms with Gasteiger partial charge in [0.05, 0.1) is 29.5 Å². The molecule has 2 aromatic carbocycles. The number of methoxy groups -OCH3 is 1. The van der Waals surface area contributed by atoms with Crippen LogP contribution < -0.4 is 24.5 Å². The van der Waals surface area contributed by atoms with E-state index in [1.807, 2.05) is 67.5 Å². The van der Waals surface area contributed by atoms with E-state index in [4.69, 9.17) is 13.9 Å². The van der Waals surface area contributed by atoms with Gasteiger partial charge >= 0.3 is 5.97 Å². The van der Waals surface area contributed by atoms with E-state index in [2.05, 4.69) is 4.99 Å². The Labute approximate surface area is 217 Å². The molecule has 37 heavy (non-hydrogen) atoms. The maximum Gasteiger partial charge on any atom is 0.338 e. The lowest BCUT2D eigenvalue weighted by molar-refractivity contribution is -0.139. The molecule has 190 valence electrons. The van der Waals surface area contributed by atoms with E-state index in [-0.39, 0.29) is 12.2 Å². The summed E-state index contributed by atoms with van der Waals surface area (Å²) >= 11 is 1.25. The molecule has 0 fully saturated rings. The summed E-state index contributed by atoms with van der Waals surface area (Å²) in [5, 5.41) is 1.84. The molecule has 2 aromatic heterocycles. The number of nitrogens with zero attached hydrogens (tertiary/aromatic N) is 3. The number of furan rings is 1. The van der Waals surface area contributed by atoms with Gasteiger partial charge in [0.25, 0.3) is 5.56 Å². The highest BCUT2D eigenvalue weighted by Crippen LogP contribution is 2.40. The molecule has 8 nitrogen and oxygen atoms in total. The van der Waals surface area contributed by atoms with Gasteiger partial charge in [-0.25, -0.2) is 9.79 Å². The van der Waals surface area contributed by atoms with Crippen molar-refractivity contribution in [3.05, 3.63) is 90.8 Å². The number of hydrogen-bond acceptors (Lipinski definition) is 8. The van der Waals surface area contributed by atoms with Crippen LogP contribution in [-0.2, 0) is 9.53 Å². The van der Waals surface area contributed by atoms with Gasteiger partial charge < -0.3 is 18.8 Å². The number of thiazole rings is 1. The van der Waals surface area contributed by atoms with Crippen LogP contribution in [-0.4, -0.2) is 38.3 Å². The van der Waals surface area contributed by atoms with Crippen LogP contribution in [0.25, 0.3) is 16.8 Å². The standard InChI is InChI=1S/C28H27N3O5S/c1-6-35-27(33)23-16(2)29-28-31(26(32)21(37-28)15-18-12-14-22(36-18)30(3)4)25(23)24-19-10-8-7-9-17(19)11-13-20(24)34-5/h7-15,25H,6H2,1-5H3. The average Bonchev–Trinajstić information content (AvgIpc) is 3.47. The number of anilines is 1. The molecule has 1 atom stereocenters. The fourth-order valence-electron chi connectivity index (χ4n) is 4.59. The molecule has 3 heterocycles. The molecule has 0 bridgehead atoms. The molecule has 9 heteroatoms. The third-order valence-corrected chi connectivity index (χ3v) is 7.25. The number of carbonyl (C=O) groups excluding carboxylic acids is 1. The molecule has 4 aromatic rings. The summed E-state index contributed by atoms with van der Waals surface area (Å²) in [6.07, 6.45) is 1.71. The summed E-state index contributed by atoms with van der Waals surface area (Å²) < 4.78 is 19.1. The first kappa shape index (κ1) is 24.6. The van der Waals surface area contributed by atoms with E-state index in [1.165, 1.54) is 11.3 Å². The van der Waals surface area contributed by atoms with Crippen molar-refractivity contribution in [1.82, 2.24) is 4.57 Å². The van der Waals surface area contributed by atoms with Crippen molar-refractivity contribution in [2.45, 2.75) is 19.9 Å². The predicted octanol–water partition coefficient (Wildman–Crippen LogP) is 3.62. The van der Waals surface area contributed by atoms with Crippen molar-refractivity contribution in [3.63, 3.8) is 0 Å².